The number of carbonyl (C=O) groups is 1. The first-order valence-electron chi connectivity index (χ1n) is 8.71. The van der Waals surface area contributed by atoms with E-state index in [0.29, 0.717) is 33.9 Å². The van der Waals surface area contributed by atoms with Crippen molar-refractivity contribution < 1.29 is 13.6 Å². The fraction of sp³-hybridized carbons (Fsp3) is 0.316. The Kier molecular flexibility index (Phi) is 6.46. The van der Waals surface area contributed by atoms with Gasteiger partial charge in [-0.15, -0.1) is 11.3 Å². The number of nitrogens with zero attached hydrogens (tertiary/aromatic N) is 2. The van der Waals surface area contributed by atoms with E-state index < -0.39 is 17.5 Å². The van der Waals surface area contributed by atoms with Crippen LogP contribution in [0.3, 0.4) is 0 Å². The van der Waals surface area contributed by atoms with Crippen LogP contribution in [0.5, 0.6) is 0 Å². The Morgan fingerprint density at radius 3 is 2.82 bits per heavy atom. The van der Waals surface area contributed by atoms with Gasteiger partial charge in [0.1, 0.15) is 16.3 Å². The lowest BCUT2D eigenvalue weighted by atomic mass is 10.1. The molecule has 1 aromatic carbocycles. The molecule has 0 aliphatic carbocycles. The van der Waals surface area contributed by atoms with Gasteiger partial charge in [0.25, 0.3) is 5.56 Å². The van der Waals surface area contributed by atoms with Crippen LogP contribution in [0, 0.1) is 17.6 Å². The minimum absolute atomic E-state index is 0.0550. The van der Waals surface area contributed by atoms with E-state index in [1.165, 1.54) is 17.4 Å². The SMILES string of the molecule is CC(C)CCn1c(SCC(=O)Nc2ccc(F)cc2F)nc2ccsc2c1=O. The number of rotatable bonds is 7. The fourth-order valence-corrected chi connectivity index (χ4v) is 4.13. The zero-order valence-electron chi connectivity index (χ0n) is 15.4. The Morgan fingerprint density at radius 2 is 2.11 bits per heavy atom. The largest absolute Gasteiger partial charge is 0.323 e. The van der Waals surface area contributed by atoms with Gasteiger partial charge in [-0.2, -0.15) is 0 Å². The number of halogens is 2. The number of benzene rings is 1. The molecule has 0 atom stereocenters. The summed E-state index contributed by atoms with van der Waals surface area (Å²) in [6.07, 6.45) is 0.805. The first-order valence-corrected chi connectivity index (χ1v) is 10.6. The first-order chi connectivity index (χ1) is 13.3. The molecular formula is C19H19F2N3O2S2. The molecule has 28 heavy (non-hydrogen) atoms. The van der Waals surface area contributed by atoms with Gasteiger partial charge >= 0.3 is 0 Å². The Bertz CT molecular complexity index is 1060. The molecule has 0 fully saturated rings. The number of aromatic nitrogens is 2. The fourth-order valence-electron chi connectivity index (χ4n) is 2.53. The predicted octanol–water partition coefficient (Wildman–Crippen LogP) is 4.51. The second-order valence-corrected chi connectivity index (χ2v) is 8.49. The second-order valence-electron chi connectivity index (χ2n) is 6.63. The maximum absolute atomic E-state index is 13.7. The molecule has 2 heterocycles. The highest BCUT2D eigenvalue weighted by Crippen LogP contribution is 2.22. The van der Waals surface area contributed by atoms with E-state index in [1.54, 1.807) is 10.6 Å². The van der Waals surface area contributed by atoms with Crippen molar-refractivity contribution >= 4 is 44.9 Å². The van der Waals surface area contributed by atoms with E-state index >= 15 is 0 Å². The molecule has 1 amide bonds. The van der Waals surface area contributed by atoms with Crippen LogP contribution in [0.4, 0.5) is 14.5 Å². The van der Waals surface area contributed by atoms with E-state index in [1.807, 2.05) is 5.38 Å². The summed E-state index contributed by atoms with van der Waals surface area (Å²) in [5.41, 5.74) is 0.391. The van der Waals surface area contributed by atoms with Gasteiger partial charge in [-0.3, -0.25) is 14.2 Å². The number of hydrogen-bond donors (Lipinski definition) is 1. The highest BCUT2D eigenvalue weighted by molar-refractivity contribution is 7.99. The van der Waals surface area contributed by atoms with Crippen LogP contribution in [0.1, 0.15) is 20.3 Å². The number of nitrogens with one attached hydrogen (secondary N) is 1. The van der Waals surface area contributed by atoms with E-state index in [4.69, 9.17) is 0 Å². The van der Waals surface area contributed by atoms with Gasteiger partial charge < -0.3 is 5.32 Å². The molecule has 9 heteroatoms. The lowest BCUT2D eigenvalue weighted by Gasteiger charge is -2.13. The van der Waals surface area contributed by atoms with Crippen LogP contribution in [0.25, 0.3) is 10.2 Å². The maximum Gasteiger partial charge on any atom is 0.272 e. The summed E-state index contributed by atoms with van der Waals surface area (Å²) in [5, 5.41) is 4.67. The third kappa shape index (κ3) is 4.77. The zero-order chi connectivity index (χ0) is 20.3. The van der Waals surface area contributed by atoms with Crippen molar-refractivity contribution in [2.75, 3.05) is 11.1 Å². The number of thioether (sulfide) groups is 1. The average molecular weight is 424 g/mol. The average Bonchev–Trinajstić information content (AvgIpc) is 3.10. The van der Waals surface area contributed by atoms with Crippen LogP contribution in [0.2, 0.25) is 0 Å². The normalized spacial score (nSPS) is 11.3. The molecule has 5 nitrogen and oxygen atoms in total. The number of thiophene rings is 1. The monoisotopic (exact) mass is 423 g/mol. The van der Waals surface area contributed by atoms with Crippen LogP contribution in [-0.4, -0.2) is 21.2 Å². The third-order valence-corrected chi connectivity index (χ3v) is 5.87. The molecule has 0 saturated heterocycles. The molecule has 3 rings (SSSR count). The van der Waals surface area contributed by atoms with Crippen molar-refractivity contribution in [1.82, 2.24) is 9.55 Å². The van der Waals surface area contributed by atoms with Crippen molar-refractivity contribution in [3.63, 3.8) is 0 Å². The van der Waals surface area contributed by atoms with Gasteiger partial charge in [-0.1, -0.05) is 25.6 Å². The Labute approximate surface area is 168 Å². The summed E-state index contributed by atoms with van der Waals surface area (Å²) >= 11 is 2.46. The molecule has 148 valence electrons. The first kappa shape index (κ1) is 20.5. The standard InChI is InChI=1S/C19H19F2N3O2S2/c1-11(2)5-7-24-18(26)17-15(6-8-27-17)23-19(24)28-10-16(25)22-14-4-3-12(20)9-13(14)21/h3-4,6,8-9,11H,5,7,10H2,1-2H3,(H,22,25). The minimum Gasteiger partial charge on any atom is -0.323 e. The van der Waals surface area contributed by atoms with Crippen molar-refractivity contribution in [1.29, 1.82) is 0 Å². The second kappa shape index (κ2) is 8.83. The summed E-state index contributed by atoms with van der Waals surface area (Å²) in [5.74, 6) is -1.67. The van der Waals surface area contributed by atoms with E-state index in [0.717, 1.165) is 24.2 Å². The van der Waals surface area contributed by atoms with Gasteiger partial charge in [0.15, 0.2) is 5.16 Å². The van der Waals surface area contributed by atoms with Gasteiger partial charge in [0.2, 0.25) is 5.91 Å². The van der Waals surface area contributed by atoms with Gasteiger partial charge in [0.05, 0.1) is 17.0 Å². The number of fused-ring (bicyclic) bond motifs is 1. The van der Waals surface area contributed by atoms with Gasteiger partial charge in [-0.05, 0) is 35.9 Å². The molecule has 0 spiro atoms. The molecule has 0 aliphatic rings. The minimum atomic E-state index is -0.843. The summed E-state index contributed by atoms with van der Waals surface area (Å²) < 4.78 is 28.8. The number of amides is 1. The van der Waals surface area contributed by atoms with Gasteiger partial charge in [-0.25, -0.2) is 13.8 Å². The summed E-state index contributed by atoms with van der Waals surface area (Å²) in [4.78, 5) is 29.5. The van der Waals surface area contributed by atoms with Crippen LogP contribution < -0.4 is 10.9 Å². The van der Waals surface area contributed by atoms with Crippen molar-refractivity contribution in [2.45, 2.75) is 32.0 Å². The molecule has 1 N–H and O–H groups in total. The lowest BCUT2D eigenvalue weighted by Crippen LogP contribution is -2.24. The maximum atomic E-state index is 13.7. The highest BCUT2D eigenvalue weighted by Gasteiger charge is 2.15. The van der Waals surface area contributed by atoms with Crippen molar-refractivity contribution in [2.24, 2.45) is 5.92 Å². The van der Waals surface area contributed by atoms with Crippen molar-refractivity contribution in [3.8, 4) is 0 Å². The molecule has 0 saturated carbocycles. The highest BCUT2D eigenvalue weighted by atomic mass is 32.2. The van der Waals surface area contributed by atoms with Crippen LogP contribution >= 0.6 is 23.1 Å². The summed E-state index contributed by atoms with van der Waals surface area (Å²) in [6, 6.07) is 4.72. The summed E-state index contributed by atoms with van der Waals surface area (Å²) in [6.45, 7) is 4.65. The van der Waals surface area contributed by atoms with Crippen molar-refractivity contribution in [3.05, 3.63) is 51.6 Å². The Morgan fingerprint density at radius 1 is 1.32 bits per heavy atom. The predicted molar refractivity (Wildman–Crippen MR) is 109 cm³/mol. The van der Waals surface area contributed by atoms with Gasteiger partial charge in [0, 0.05) is 12.6 Å². The number of carbonyl (C=O) groups excluding carboxylic acids is 1. The summed E-state index contributed by atoms with van der Waals surface area (Å²) in [7, 11) is 0. The molecule has 0 aliphatic heterocycles. The van der Waals surface area contributed by atoms with E-state index in [-0.39, 0.29) is 17.0 Å². The van der Waals surface area contributed by atoms with Crippen LogP contribution in [-0.2, 0) is 11.3 Å². The molecule has 3 aromatic rings. The Hall–Kier alpha value is -2.26. The van der Waals surface area contributed by atoms with Crippen LogP contribution in [0.15, 0.2) is 39.6 Å². The quantitative estimate of drug-likeness (QED) is 0.449. The number of hydrogen-bond acceptors (Lipinski definition) is 5. The third-order valence-electron chi connectivity index (χ3n) is 4.00. The van der Waals surface area contributed by atoms with E-state index in [9.17, 15) is 18.4 Å². The topological polar surface area (TPSA) is 64.0 Å². The molecular weight excluding hydrogens is 404 g/mol. The zero-order valence-corrected chi connectivity index (χ0v) is 17.0. The molecule has 0 radical (unpaired) electrons. The molecule has 2 aromatic heterocycles. The smallest absolute Gasteiger partial charge is 0.272 e. The number of anilines is 1. The Balaban J connectivity index is 1.77. The van der Waals surface area contributed by atoms with E-state index in [2.05, 4.69) is 24.1 Å². The molecule has 0 bridgehead atoms. The lowest BCUT2D eigenvalue weighted by molar-refractivity contribution is -0.113. The molecule has 0 unspecified atom stereocenters.